The van der Waals surface area contributed by atoms with Crippen molar-refractivity contribution in [2.75, 3.05) is 20.2 Å². The van der Waals surface area contributed by atoms with Crippen molar-refractivity contribution < 1.29 is 9.13 Å². The van der Waals surface area contributed by atoms with Crippen LogP contribution in [0.2, 0.25) is 0 Å². The maximum Gasteiger partial charge on any atom is 0.123 e. The van der Waals surface area contributed by atoms with E-state index < -0.39 is 0 Å². The Kier molecular flexibility index (Phi) is 6.01. The number of rotatable bonds is 10. The minimum absolute atomic E-state index is 0.278. The fraction of sp³-hybridized carbons (Fsp3) is 0.444. The van der Waals surface area contributed by atoms with E-state index in [0.717, 1.165) is 48.8 Å². The molecule has 4 heteroatoms. The van der Waals surface area contributed by atoms with E-state index in [0.29, 0.717) is 5.76 Å². The average Bonchev–Trinajstić information content (AvgIpc) is 3.33. The van der Waals surface area contributed by atoms with E-state index >= 15 is 0 Å². The van der Waals surface area contributed by atoms with Gasteiger partial charge in [0.2, 0.25) is 0 Å². The van der Waals surface area contributed by atoms with E-state index in [-0.39, 0.29) is 5.82 Å². The summed E-state index contributed by atoms with van der Waals surface area (Å²) in [6, 6.07) is 5.46. The summed E-state index contributed by atoms with van der Waals surface area (Å²) in [5.74, 6) is 0.210. The Hall–Kier alpha value is -1.81. The highest BCUT2D eigenvalue weighted by molar-refractivity contribution is 5.61. The summed E-state index contributed by atoms with van der Waals surface area (Å²) >= 11 is 0. The van der Waals surface area contributed by atoms with Gasteiger partial charge in [0.15, 0.2) is 0 Å². The molecule has 0 heterocycles. The minimum atomic E-state index is -0.278. The Morgan fingerprint density at radius 2 is 2.09 bits per heavy atom. The molecule has 22 heavy (non-hydrogen) atoms. The number of ether oxygens (including phenoxy) is 1. The van der Waals surface area contributed by atoms with E-state index in [4.69, 9.17) is 4.74 Å². The van der Waals surface area contributed by atoms with Crippen LogP contribution in [0.25, 0.3) is 5.76 Å². The quantitative estimate of drug-likeness (QED) is 0.514. The van der Waals surface area contributed by atoms with Crippen LogP contribution in [-0.2, 0) is 11.2 Å². The van der Waals surface area contributed by atoms with Gasteiger partial charge in [-0.15, -0.1) is 0 Å². The minimum Gasteiger partial charge on any atom is -0.497 e. The van der Waals surface area contributed by atoms with Crippen LogP contribution in [-0.4, -0.2) is 26.2 Å². The second kappa shape index (κ2) is 7.99. The van der Waals surface area contributed by atoms with E-state index in [1.807, 2.05) is 0 Å². The molecule has 2 rings (SSSR count). The SMILES string of the molecule is C=C(CCc1ccc(F)cc1C(=C)OC)NCCNC1CC1. The molecule has 0 radical (unpaired) electrons. The predicted octanol–water partition coefficient (Wildman–Crippen LogP) is 3.23. The zero-order valence-corrected chi connectivity index (χ0v) is 13.3. The fourth-order valence-electron chi connectivity index (χ4n) is 2.31. The van der Waals surface area contributed by atoms with Crippen molar-refractivity contribution >= 4 is 5.76 Å². The first-order valence-electron chi connectivity index (χ1n) is 7.77. The van der Waals surface area contributed by atoms with Gasteiger partial charge in [0.1, 0.15) is 11.6 Å². The van der Waals surface area contributed by atoms with Crippen molar-refractivity contribution in [2.24, 2.45) is 0 Å². The molecule has 0 atom stereocenters. The summed E-state index contributed by atoms with van der Waals surface area (Å²) in [6.45, 7) is 9.72. The lowest BCUT2D eigenvalue weighted by atomic mass is 10.0. The van der Waals surface area contributed by atoms with E-state index in [2.05, 4.69) is 23.8 Å². The van der Waals surface area contributed by atoms with Crippen LogP contribution in [0.3, 0.4) is 0 Å². The molecule has 0 unspecified atom stereocenters. The topological polar surface area (TPSA) is 33.3 Å². The Labute approximate surface area is 132 Å². The van der Waals surface area contributed by atoms with Gasteiger partial charge in [-0.25, -0.2) is 4.39 Å². The number of allylic oxidation sites excluding steroid dienone is 1. The molecule has 1 saturated carbocycles. The van der Waals surface area contributed by atoms with E-state index in [1.54, 1.807) is 13.2 Å². The first-order chi connectivity index (χ1) is 10.6. The highest BCUT2D eigenvalue weighted by Gasteiger charge is 2.19. The van der Waals surface area contributed by atoms with Gasteiger partial charge in [-0.05, 0) is 43.4 Å². The fourth-order valence-corrected chi connectivity index (χ4v) is 2.31. The summed E-state index contributed by atoms with van der Waals surface area (Å²) in [7, 11) is 1.55. The normalized spacial score (nSPS) is 13.7. The maximum absolute atomic E-state index is 13.4. The zero-order chi connectivity index (χ0) is 15.9. The number of hydrogen-bond donors (Lipinski definition) is 2. The van der Waals surface area contributed by atoms with Crippen molar-refractivity contribution in [3.05, 3.63) is 54.0 Å². The van der Waals surface area contributed by atoms with Crippen LogP contribution in [0.1, 0.15) is 30.4 Å². The van der Waals surface area contributed by atoms with Crippen LogP contribution in [0.15, 0.2) is 37.1 Å². The number of aryl methyl sites for hydroxylation is 1. The first kappa shape index (κ1) is 16.6. The summed E-state index contributed by atoms with van der Waals surface area (Å²) in [5, 5.41) is 6.78. The monoisotopic (exact) mass is 304 g/mol. The lowest BCUT2D eigenvalue weighted by Crippen LogP contribution is -2.28. The molecular formula is C18H25FN2O. The van der Waals surface area contributed by atoms with Crippen molar-refractivity contribution in [2.45, 2.75) is 31.7 Å². The smallest absolute Gasteiger partial charge is 0.123 e. The van der Waals surface area contributed by atoms with Crippen molar-refractivity contribution in [3.8, 4) is 0 Å². The molecule has 2 N–H and O–H groups in total. The number of halogens is 1. The number of methoxy groups -OCH3 is 1. The highest BCUT2D eigenvalue weighted by Crippen LogP contribution is 2.22. The van der Waals surface area contributed by atoms with Crippen molar-refractivity contribution in [1.29, 1.82) is 0 Å². The molecule has 1 fully saturated rings. The summed E-state index contributed by atoms with van der Waals surface area (Å²) in [5.41, 5.74) is 2.74. The summed E-state index contributed by atoms with van der Waals surface area (Å²) in [4.78, 5) is 0. The second-order valence-corrected chi connectivity index (χ2v) is 5.69. The van der Waals surface area contributed by atoms with Crippen LogP contribution >= 0.6 is 0 Å². The Balaban J connectivity index is 1.79. The zero-order valence-electron chi connectivity index (χ0n) is 13.3. The Morgan fingerprint density at radius 3 is 2.77 bits per heavy atom. The first-order valence-corrected chi connectivity index (χ1v) is 7.77. The molecule has 0 aromatic heterocycles. The molecule has 0 saturated heterocycles. The summed E-state index contributed by atoms with van der Waals surface area (Å²) in [6.07, 6.45) is 4.19. The predicted molar refractivity (Wildman–Crippen MR) is 88.9 cm³/mol. The number of nitrogens with one attached hydrogen (secondary N) is 2. The van der Waals surface area contributed by atoms with E-state index in [1.165, 1.54) is 25.0 Å². The molecule has 0 bridgehead atoms. The van der Waals surface area contributed by atoms with Crippen molar-refractivity contribution in [1.82, 2.24) is 10.6 Å². The average molecular weight is 304 g/mol. The Morgan fingerprint density at radius 1 is 1.32 bits per heavy atom. The van der Waals surface area contributed by atoms with Gasteiger partial charge in [-0.1, -0.05) is 19.2 Å². The molecule has 120 valence electrons. The van der Waals surface area contributed by atoms with Gasteiger partial charge in [0.05, 0.1) is 7.11 Å². The van der Waals surface area contributed by atoms with Gasteiger partial charge in [0, 0.05) is 30.4 Å². The van der Waals surface area contributed by atoms with Crippen LogP contribution < -0.4 is 10.6 Å². The van der Waals surface area contributed by atoms with Crippen LogP contribution in [0.5, 0.6) is 0 Å². The molecule has 0 amide bonds. The summed E-state index contributed by atoms with van der Waals surface area (Å²) < 4.78 is 18.5. The molecule has 3 nitrogen and oxygen atoms in total. The molecular weight excluding hydrogens is 279 g/mol. The Bertz CT molecular complexity index is 538. The lowest BCUT2D eigenvalue weighted by molar-refractivity contribution is 0.370. The third-order valence-electron chi connectivity index (χ3n) is 3.83. The highest BCUT2D eigenvalue weighted by atomic mass is 19.1. The van der Waals surface area contributed by atoms with Gasteiger partial charge in [-0.3, -0.25) is 0 Å². The third-order valence-corrected chi connectivity index (χ3v) is 3.83. The molecule has 1 aromatic carbocycles. The lowest BCUT2D eigenvalue weighted by Gasteiger charge is -2.13. The van der Waals surface area contributed by atoms with Gasteiger partial charge in [0.25, 0.3) is 0 Å². The van der Waals surface area contributed by atoms with Crippen LogP contribution in [0, 0.1) is 5.82 Å². The molecule has 1 aliphatic rings. The van der Waals surface area contributed by atoms with Crippen LogP contribution in [0.4, 0.5) is 4.39 Å². The second-order valence-electron chi connectivity index (χ2n) is 5.69. The molecule has 1 aromatic rings. The number of hydrogen-bond acceptors (Lipinski definition) is 3. The van der Waals surface area contributed by atoms with E-state index in [9.17, 15) is 4.39 Å². The van der Waals surface area contributed by atoms with Crippen molar-refractivity contribution in [3.63, 3.8) is 0 Å². The van der Waals surface area contributed by atoms with Gasteiger partial charge < -0.3 is 15.4 Å². The standard InChI is InChI=1S/C18H25FN2O/c1-13(20-10-11-21-17-8-9-17)4-5-15-6-7-16(19)12-18(15)14(2)22-3/h6-7,12,17,20-21H,1-2,4-5,8-11H2,3H3. The molecule has 0 spiro atoms. The van der Waals surface area contributed by atoms with Gasteiger partial charge in [-0.2, -0.15) is 0 Å². The largest absolute Gasteiger partial charge is 0.497 e. The molecule has 0 aliphatic heterocycles. The maximum atomic E-state index is 13.4. The molecule has 1 aliphatic carbocycles. The third kappa shape index (κ3) is 5.19. The number of benzene rings is 1. The van der Waals surface area contributed by atoms with Gasteiger partial charge >= 0.3 is 0 Å².